The third kappa shape index (κ3) is 3.74. The van der Waals surface area contributed by atoms with Gasteiger partial charge in [0.05, 0.1) is 6.61 Å². The molecule has 18 heavy (non-hydrogen) atoms. The van der Waals surface area contributed by atoms with Gasteiger partial charge in [0.1, 0.15) is 11.6 Å². The van der Waals surface area contributed by atoms with Crippen molar-refractivity contribution in [2.45, 2.75) is 12.8 Å². The lowest BCUT2D eigenvalue weighted by Gasteiger charge is -2.07. The molecule has 0 aliphatic heterocycles. The van der Waals surface area contributed by atoms with Gasteiger partial charge >= 0.3 is 0 Å². The molecule has 0 atom stereocenters. The van der Waals surface area contributed by atoms with Crippen LogP contribution in [0, 0.1) is 0 Å². The highest BCUT2D eigenvalue weighted by Crippen LogP contribution is 2.18. The first-order valence-corrected chi connectivity index (χ1v) is 6.63. The lowest BCUT2D eigenvalue weighted by atomic mass is 10.1. The molecule has 1 aromatic heterocycles. The van der Waals surface area contributed by atoms with E-state index >= 15 is 0 Å². The third-order valence-corrected chi connectivity index (χ3v) is 3.07. The molecule has 0 fully saturated rings. The number of anilines is 1. The maximum atomic E-state index is 5.78. The number of aryl methyl sites for hydroxylation is 1. The largest absolute Gasteiger partial charge is 0.494 e. The number of nitrogen functional groups attached to an aromatic ring is 1. The van der Waals surface area contributed by atoms with Crippen molar-refractivity contribution in [1.29, 1.82) is 0 Å². The molecule has 2 N–H and O–H groups in total. The molecule has 0 saturated heterocycles. The number of hydrogen-bond acceptors (Lipinski definition) is 3. The second-order valence-corrected chi connectivity index (χ2v) is 4.87. The van der Waals surface area contributed by atoms with Gasteiger partial charge in [-0.1, -0.05) is 28.1 Å². The van der Waals surface area contributed by atoms with Crippen LogP contribution in [0.25, 0.3) is 0 Å². The van der Waals surface area contributed by atoms with Gasteiger partial charge < -0.3 is 10.5 Å². The van der Waals surface area contributed by atoms with E-state index in [1.807, 2.05) is 36.4 Å². The number of nitrogens with two attached hydrogens (primary N) is 1. The average Bonchev–Trinajstić information content (AvgIpc) is 2.37. The zero-order chi connectivity index (χ0) is 12.8. The van der Waals surface area contributed by atoms with Crippen LogP contribution in [0.4, 0.5) is 5.82 Å². The first-order valence-electron chi connectivity index (χ1n) is 5.83. The molecule has 3 nitrogen and oxygen atoms in total. The van der Waals surface area contributed by atoms with Gasteiger partial charge in [0.2, 0.25) is 0 Å². The van der Waals surface area contributed by atoms with E-state index in [1.165, 1.54) is 0 Å². The molecule has 0 bridgehead atoms. The maximum Gasteiger partial charge on any atom is 0.126 e. The van der Waals surface area contributed by atoms with E-state index in [1.54, 1.807) is 6.20 Å². The molecular weight excluding hydrogens is 292 g/mol. The van der Waals surface area contributed by atoms with Gasteiger partial charge in [0, 0.05) is 10.7 Å². The van der Waals surface area contributed by atoms with Crippen LogP contribution in [0.2, 0.25) is 0 Å². The topological polar surface area (TPSA) is 48.1 Å². The summed E-state index contributed by atoms with van der Waals surface area (Å²) < 4.78 is 6.68. The molecule has 94 valence electrons. The number of benzene rings is 1. The van der Waals surface area contributed by atoms with E-state index in [9.17, 15) is 0 Å². The Hall–Kier alpha value is -1.55. The van der Waals surface area contributed by atoms with Gasteiger partial charge in [0.15, 0.2) is 0 Å². The van der Waals surface area contributed by atoms with Gasteiger partial charge in [-0.2, -0.15) is 0 Å². The lowest BCUT2D eigenvalue weighted by molar-refractivity contribution is 0.311. The number of nitrogens with zero attached hydrogens (tertiary/aromatic N) is 1. The van der Waals surface area contributed by atoms with E-state index in [2.05, 4.69) is 20.9 Å². The normalized spacial score (nSPS) is 10.3. The molecule has 0 saturated carbocycles. The Kier molecular flexibility index (Phi) is 4.59. The average molecular weight is 307 g/mol. The van der Waals surface area contributed by atoms with Crippen molar-refractivity contribution >= 4 is 21.7 Å². The molecule has 1 heterocycles. The number of hydrogen-bond donors (Lipinski definition) is 1. The smallest absolute Gasteiger partial charge is 0.126 e. The summed E-state index contributed by atoms with van der Waals surface area (Å²) in [6.07, 6.45) is 3.51. The van der Waals surface area contributed by atoms with Crippen molar-refractivity contribution in [2.24, 2.45) is 0 Å². The van der Waals surface area contributed by atoms with Crippen molar-refractivity contribution < 1.29 is 4.74 Å². The van der Waals surface area contributed by atoms with Gasteiger partial charge in [-0.15, -0.1) is 0 Å². The van der Waals surface area contributed by atoms with E-state index in [0.29, 0.717) is 12.4 Å². The Morgan fingerprint density at radius 3 is 2.89 bits per heavy atom. The molecular formula is C14H15BrN2O. The Morgan fingerprint density at radius 1 is 1.22 bits per heavy atom. The first kappa shape index (κ1) is 12.9. The zero-order valence-corrected chi connectivity index (χ0v) is 11.6. The predicted molar refractivity (Wildman–Crippen MR) is 76.6 cm³/mol. The fourth-order valence-corrected chi connectivity index (χ4v) is 2.05. The summed E-state index contributed by atoms with van der Waals surface area (Å²) in [5, 5.41) is 0. The van der Waals surface area contributed by atoms with Crippen molar-refractivity contribution in [3.05, 3.63) is 52.6 Å². The van der Waals surface area contributed by atoms with Crippen molar-refractivity contribution in [2.75, 3.05) is 12.3 Å². The lowest BCUT2D eigenvalue weighted by Crippen LogP contribution is -2.02. The minimum absolute atomic E-state index is 0.611. The Labute approximate surface area is 115 Å². The first-order chi connectivity index (χ1) is 8.75. The number of aromatic nitrogens is 1. The summed E-state index contributed by atoms with van der Waals surface area (Å²) in [5.41, 5.74) is 6.85. The van der Waals surface area contributed by atoms with E-state index in [0.717, 1.165) is 28.6 Å². The standard InChI is InChI=1S/C14H15BrN2O/c15-12-6-1-7-13(10-12)18-9-3-5-11-4-2-8-17-14(11)16/h1-2,4,6-8,10H,3,5,9H2,(H2,16,17). The summed E-state index contributed by atoms with van der Waals surface area (Å²) in [4.78, 5) is 4.06. The second-order valence-electron chi connectivity index (χ2n) is 3.96. The Bertz CT molecular complexity index is 517. The second kappa shape index (κ2) is 6.40. The molecule has 2 rings (SSSR count). The summed E-state index contributed by atoms with van der Waals surface area (Å²) in [6.45, 7) is 0.671. The summed E-state index contributed by atoms with van der Waals surface area (Å²) >= 11 is 3.41. The molecule has 0 aliphatic carbocycles. The van der Waals surface area contributed by atoms with E-state index in [-0.39, 0.29) is 0 Å². The molecule has 2 aromatic rings. The minimum Gasteiger partial charge on any atom is -0.494 e. The Balaban J connectivity index is 1.78. The highest BCUT2D eigenvalue weighted by Gasteiger charge is 2.00. The van der Waals surface area contributed by atoms with Crippen molar-refractivity contribution in [3.63, 3.8) is 0 Å². The van der Waals surface area contributed by atoms with Crippen LogP contribution in [0.3, 0.4) is 0 Å². The quantitative estimate of drug-likeness (QED) is 0.861. The van der Waals surface area contributed by atoms with Gasteiger partial charge in [-0.05, 0) is 42.7 Å². The number of pyridine rings is 1. The molecule has 0 amide bonds. The van der Waals surface area contributed by atoms with Crippen LogP contribution in [0.5, 0.6) is 5.75 Å². The predicted octanol–water partition coefficient (Wildman–Crippen LogP) is 3.44. The van der Waals surface area contributed by atoms with Gasteiger partial charge in [0.25, 0.3) is 0 Å². The van der Waals surface area contributed by atoms with Gasteiger partial charge in [-0.25, -0.2) is 4.98 Å². The fraction of sp³-hybridized carbons (Fsp3) is 0.214. The zero-order valence-electron chi connectivity index (χ0n) is 9.97. The van der Waals surface area contributed by atoms with Crippen LogP contribution in [-0.4, -0.2) is 11.6 Å². The molecule has 0 aliphatic rings. The fourth-order valence-electron chi connectivity index (χ4n) is 1.67. The van der Waals surface area contributed by atoms with Crippen LogP contribution < -0.4 is 10.5 Å². The van der Waals surface area contributed by atoms with Crippen LogP contribution in [0.1, 0.15) is 12.0 Å². The monoisotopic (exact) mass is 306 g/mol. The van der Waals surface area contributed by atoms with Crippen molar-refractivity contribution in [3.8, 4) is 5.75 Å². The molecule has 4 heteroatoms. The van der Waals surface area contributed by atoms with Crippen molar-refractivity contribution in [1.82, 2.24) is 4.98 Å². The summed E-state index contributed by atoms with van der Waals surface area (Å²) in [7, 11) is 0. The van der Waals surface area contributed by atoms with Gasteiger partial charge in [-0.3, -0.25) is 0 Å². The third-order valence-electron chi connectivity index (χ3n) is 2.58. The maximum absolute atomic E-state index is 5.78. The number of rotatable bonds is 5. The number of ether oxygens (including phenoxy) is 1. The van der Waals surface area contributed by atoms with Crippen LogP contribution in [0.15, 0.2) is 47.1 Å². The highest BCUT2D eigenvalue weighted by molar-refractivity contribution is 9.10. The highest BCUT2D eigenvalue weighted by atomic mass is 79.9. The molecule has 1 aromatic carbocycles. The van der Waals surface area contributed by atoms with Crippen LogP contribution >= 0.6 is 15.9 Å². The SMILES string of the molecule is Nc1ncccc1CCCOc1cccc(Br)c1. The minimum atomic E-state index is 0.611. The summed E-state index contributed by atoms with van der Waals surface area (Å²) in [5.74, 6) is 1.49. The molecule has 0 unspecified atom stereocenters. The van der Waals surface area contributed by atoms with Crippen LogP contribution in [-0.2, 0) is 6.42 Å². The molecule has 0 radical (unpaired) electrons. The Morgan fingerprint density at radius 2 is 2.11 bits per heavy atom. The van der Waals surface area contributed by atoms with E-state index < -0.39 is 0 Å². The number of halogens is 1. The summed E-state index contributed by atoms with van der Waals surface area (Å²) in [6, 6.07) is 11.7. The van der Waals surface area contributed by atoms with E-state index in [4.69, 9.17) is 10.5 Å². The molecule has 0 spiro atoms.